The number of hydrogen-bond donors (Lipinski definition) is 14. The van der Waals surface area contributed by atoms with Crippen LogP contribution >= 0.6 is 0 Å². The van der Waals surface area contributed by atoms with Crippen LogP contribution in [0.15, 0.2) is 63.3 Å². The van der Waals surface area contributed by atoms with E-state index in [2.05, 4.69) is 96.2 Å². The van der Waals surface area contributed by atoms with Gasteiger partial charge in [0.25, 0.3) is 0 Å². The highest BCUT2D eigenvalue weighted by Gasteiger charge is 2.54. The topological polar surface area (TPSA) is 587 Å². The minimum absolute atomic E-state index is 0.0355. The number of aliphatic hydroxyl groups is 6. The first kappa shape index (κ1) is 136. The number of unbranched alkanes of at least 4 members (excludes halogenated alkanes) is 24. The molecule has 4 aliphatic rings. The van der Waals surface area contributed by atoms with Crippen molar-refractivity contribution in [2.24, 2.45) is 5.92 Å². The van der Waals surface area contributed by atoms with E-state index in [1.165, 1.54) is 135 Å². The monoisotopic (exact) mass is 2080 g/mol. The molecule has 4 heterocycles. The third-order valence-electron chi connectivity index (χ3n) is 23.5. The van der Waals surface area contributed by atoms with E-state index >= 15 is 0 Å². The van der Waals surface area contributed by atoms with Crippen molar-refractivity contribution in [2.75, 3.05) is 119 Å². The SMILES string of the molecule is C=CC(=O)NC(CO)(CO)CO.C=CC(=O)NC(CO)(CO)COC(=O)NCCCCCCCCCCC.C=CC(=O)NC(COC(=O)NCCCCCCCCCCC)(CO[C@@H]1OC(CC)[C@@H](OC(C)=O)[C@H](OC(C)=O)C1C)CO[C@@H]1OC(CC)[C@@H](OC(C)=O)[C@H](OC(C)=O)C1OC(C)=O.C=CC(=O)NC1(CO)COC(C)(C)OC1.C=CC(=O)NC1(COC(=O)NCCCCCCCCCCC)COC(C)(C)OC1. The number of aliphatic hydroxyl groups excluding tert-OH is 6. The molecule has 836 valence electrons. The minimum Gasteiger partial charge on any atom is -0.458 e. The Labute approximate surface area is 857 Å². The van der Waals surface area contributed by atoms with E-state index in [4.69, 9.17) is 91.1 Å². The van der Waals surface area contributed by atoms with Gasteiger partial charge in [0, 0.05) is 60.2 Å². The number of alkyl carbamates (subject to hydrolysis) is 3. The average molecular weight is 2080 g/mol. The maximum absolute atomic E-state index is 13.2. The summed E-state index contributed by atoms with van der Waals surface area (Å²) >= 11 is 0. The predicted molar refractivity (Wildman–Crippen MR) is 536 cm³/mol. The molecule has 4 rings (SSSR count). The molecule has 0 aromatic carbocycles. The number of hydrogen-bond acceptors (Lipinski definition) is 35. The van der Waals surface area contributed by atoms with Gasteiger partial charge in [0.2, 0.25) is 29.5 Å². The standard InChI is InChI=1S/C44H72N2O17.C22H40N2O5.C19H36N2O5.C10H17NO4.C7H13NO4/c1-11-15-16-17-18-19-20-21-22-23-45-43(53)56-26-44(46-35(52)14-4,24-54-41-27(5)36(57-28(6)47)37(58-29(7)48)33(12-2)62-41)25-55-42-40(61-32(10)51)39(60-31(9)50)38(59-30(8)49)34(13-3)63-42;1-5-7-8-9-10-11-12-13-14-15-23-20(26)27-16-22(24-19(25)6-2)17-28-21(3,4)29-18-22;1-3-5-6-7-8-9-10-11-12-13-20-18(25)26-16-19(14-22,15-23)21-17(24)4-2;1-4-8(13)11-10(5-12)6-14-9(2,3)15-7-10;1-2-6(12)8-7(3-9,4-10)5-11/h14,27,33-34,36-42H,4,11-13,15-26H2,1-3,5-10H3,(H,45,53)(H,46,52);6H,2,5,7-18H2,1,3-4H3,(H,23,26)(H,24,25);4,22-23H,2-3,5-16H2,1H3,(H,20,25)(H,21,24);4,12H,1,5-7H2,2-3H3,(H,11,13);2,9-11H,1,3-5H2,(H,8,12)/t27?,33?,34?,36-,37-,38-,39+,40?,41-,42-,44?;;;;/m1..../s1. The first-order valence-corrected chi connectivity index (χ1v) is 50.9. The second-order valence-electron chi connectivity index (χ2n) is 37.5. The van der Waals surface area contributed by atoms with Gasteiger partial charge >= 0.3 is 48.1 Å². The van der Waals surface area contributed by atoms with E-state index < -0.39 is 219 Å². The van der Waals surface area contributed by atoms with Crippen LogP contribution in [0, 0.1) is 5.92 Å². The quantitative estimate of drug-likeness (QED) is 0.0117. The zero-order valence-corrected chi connectivity index (χ0v) is 89.0. The molecule has 0 saturated carbocycles. The third-order valence-corrected chi connectivity index (χ3v) is 23.5. The van der Waals surface area contributed by atoms with Crippen LogP contribution in [0.4, 0.5) is 14.4 Å². The van der Waals surface area contributed by atoms with Crippen molar-refractivity contribution in [3.8, 4) is 0 Å². The Hall–Kier alpha value is -9.35. The van der Waals surface area contributed by atoms with Crippen molar-refractivity contribution in [1.82, 2.24) is 42.5 Å². The first-order chi connectivity index (χ1) is 68.8. The zero-order valence-electron chi connectivity index (χ0n) is 89.0. The van der Waals surface area contributed by atoms with Gasteiger partial charge in [0.15, 0.2) is 48.6 Å². The Morgan fingerprint density at radius 3 is 0.945 bits per heavy atom. The van der Waals surface area contributed by atoms with Gasteiger partial charge in [-0.2, -0.15) is 0 Å². The lowest BCUT2D eigenvalue weighted by Crippen LogP contribution is -2.64. The second kappa shape index (κ2) is 76.2. The smallest absolute Gasteiger partial charge is 0.407 e. The summed E-state index contributed by atoms with van der Waals surface area (Å²) in [7, 11) is 0. The van der Waals surface area contributed by atoms with E-state index in [9.17, 15) is 77.6 Å². The molecule has 0 aromatic heterocycles. The molecular formula is C102H178N8O35. The average Bonchev–Trinajstić information content (AvgIpc) is 0.776. The highest BCUT2D eigenvalue weighted by atomic mass is 16.7. The largest absolute Gasteiger partial charge is 0.458 e. The van der Waals surface area contributed by atoms with Gasteiger partial charge < -0.3 is 149 Å². The van der Waals surface area contributed by atoms with E-state index in [-0.39, 0.29) is 64.5 Å². The predicted octanol–water partition coefficient (Wildman–Crippen LogP) is 9.03. The fourth-order valence-electron chi connectivity index (χ4n) is 14.8. The summed E-state index contributed by atoms with van der Waals surface area (Å²) in [6.07, 6.45) is 25.2. The molecule has 5 unspecified atom stereocenters. The van der Waals surface area contributed by atoms with Gasteiger partial charge in [0.05, 0.1) is 79.3 Å². The van der Waals surface area contributed by atoms with Gasteiger partial charge in [-0.25, -0.2) is 14.4 Å². The number of nitrogens with one attached hydrogen (secondary N) is 8. The Morgan fingerprint density at radius 1 is 0.338 bits per heavy atom. The van der Waals surface area contributed by atoms with E-state index in [0.29, 0.717) is 26.1 Å². The molecule has 11 atom stereocenters. The lowest BCUT2D eigenvalue weighted by Gasteiger charge is -2.46. The summed E-state index contributed by atoms with van der Waals surface area (Å²) in [5, 5.41) is 75.1. The maximum atomic E-state index is 13.2. The number of carbonyl (C=O) groups is 13. The van der Waals surface area contributed by atoms with Gasteiger partial charge in [-0.3, -0.25) is 47.9 Å². The van der Waals surface area contributed by atoms with Crippen LogP contribution in [0.25, 0.3) is 0 Å². The number of esters is 5. The van der Waals surface area contributed by atoms with Gasteiger partial charge in [0.1, 0.15) is 65.8 Å². The number of rotatable bonds is 65. The summed E-state index contributed by atoms with van der Waals surface area (Å²) in [5.74, 6) is -8.25. The molecule has 4 saturated heterocycles. The van der Waals surface area contributed by atoms with Crippen molar-refractivity contribution in [1.29, 1.82) is 0 Å². The Bertz CT molecular complexity index is 3760. The summed E-state index contributed by atoms with van der Waals surface area (Å²) in [6, 6.07) is 0. The zero-order chi connectivity index (χ0) is 110. The fourth-order valence-corrected chi connectivity index (χ4v) is 14.8. The number of carbonyl (C=O) groups excluding carboxylic acids is 13. The second-order valence-corrected chi connectivity index (χ2v) is 37.5. The Balaban J connectivity index is 0.00000207. The molecule has 43 nitrogen and oxygen atoms in total. The molecule has 8 amide bonds. The molecule has 43 heteroatoms. The normalized spacial score (nSPS) is 20.3. The van der Waals surface area contributed by atoms with Gasteiger partial charge in [-0.15, -0.1) is 0 Å². The van der Waals surface area contributed by atoms with Gasteiger partial charge in [-0.1, -0.05) is 229 Å². The molecular weight excluding hydrogens is 1900 g/mol. The van der Waals surface area contributed by atoms with Crippen LogP contribution in [-0.4, -0.2) is 322 Å². The number of amides is 8. The lowest BCUT2D eigenvalue weighted by atomic mass is 9.90. The summed E-state index contributed by atoms with van der Waals surface area (Å²) in [4.78, 5) is 156. The van der Waals surface area contributed by atoms with Crippen LogP contribution in [-0.2, 0) is 124 Å². The minimum atomic E-state index is -1.77. The van der Waals surface area contributed by atoms with Crippen molar-refractivity contribution >= 4 is 77.7 Å². The molecule has 4 fully saturated rings. The number of ether oxygens (including phenoxy) is 16. The van der Waals surface area contributed by atoms with Crippen LogP contribution in [0.3, 0.4) is 0 Å². The molecule has 0 radical (unpaired) electrons. The fraction of sp³-hybridized carbons (Fsp3) is 0.775. The molecule has 0 bridgehead atoms. The molecule has 0 aliphatic carbocycles. The van der Waals surface area contributed by atoms with Crippen LogP contribution in [0.2, 0.25) is 0 Å². The lowest BCUT2D eigenvalue weighted by molar-refractivity contribution is -0.311. The van der Waals surface area contributed by atoms with Crippen molar-refractivity contribution in [2.45, 2.75) is 385 Å². The molecule has 4 aliphatic heterocycles. The maximum Gasteiger partial charge on any atom is 0.407 e. The van der Waals surface area contributed by atoms with Gasteiger partial charge in [-0.05, 0) is 90.2 Å². The van der Waals surface area contributed by atoms with Crippen molar-refractivity contribution in [3.05, 3.63) is 63.3 Å². The summed E-state index contributed by atoms with van der Waals surface area (Å²) < 4.78 is 91.1. The Kier molecular flexibility index (Phi) is 71.3. The van der Waals surface area contributed by atoms with Crippen molar-refractivity contribution in [3.63, 3.8) is 0 Å². The first-order valence-electron chi connectivity index (χ1n) is 50.9. The molecule has 0 spiro atoms. The van der Waals surface area contributed by atoms with Crippen molar-refractivity contribution < 1.29 is 169 Å². The summed E-state index contributed by atoms with van der Waals surface area (Å²) in [6.45, 7) is 39.0. The van der Waals surface area contributed by atoms with E-state index in [1.54, 1.807) is 48.5 Å². The van der Waals surface area contributed by atoms with Crippen LogP contribution in [0.1, 0.15) is 290 Å². The van der Waals surface area contributed by atoms with Crippen LogP contribution in [0.5, 0.6) is 0 Å². The molecule has 145 heavy (non-hydrogen) atoms. The van der Waals surface area contributed by atoms with E-state index in [0.717, 1.165) is 103 Å². The highest BCUT2D eigenvalue weighted by Crippen LogP contribution is 2.36. The third kappa shape index (κ3) is 58.3. The molecule has 0 aromatic rings. The summed E-state index contributed by atoms with van der Waals surface area (Å²) in [5.41, 5.74) is -6.33. The highest BCUT2D eigenvalue weighted by molar-refractivity contribution is 5.89. The van der Waals surface area contributed by atoms with E-state index in [1.807, 2.05) is 0 Å². The van der Waals surface area contributed by atoms with Crippen LogP contribution < -0.4 is 42.5 Å². The molecule has 14 N–H and O–H groups in total. The Morgan fingerprint density at radius 2 is 0.614 bits per heavy atom.